The third-order valence-electron chi connectivity index (χ3n) is 17.3. The number of fused-ring (bicyclic) bond motifs is 12. The number of ether oxygens (including phenoxy) is 8. The largest absolute Gasteiger partial charge is 0.497 e. The molecule has 24 heteroatoms. The molecule has 0 spiro atoms. The van der Waals surface area contributed by atoms with Gasteiger partial charge in [-0.1, -0.05) is 12.1 Å². The van der Waals surface area contributed by atoms with Gasteiger partial charge in [0.25, 0.3) is 0 Å². The summed E-state index contributed by atoms with van der Waals surface area (Å²) in [6, 6.07) is 41.0. The van der Waals surface area contributed by atoms with E-state index in [9.17, 15) is 0 Å². The molecule has 514 valence electrons. The van der Waals surface area contributed by atoms with E-state index < -0.39 is 33.0 Å². The van der Waals surface area contributed by atoms with Gasteiger partial charge in [-0.15, -0.1) is 0 Å². The van der Waals surface area contributed by atoms with Crippen molar-refractivity contribution in [1.29, 1.82) is 0 Å². The van der Waals surface area contributed by atoms with Crippen molar-refractivity contribution >= 4 is 121 Å². The Kier molecular flexibility index (Phi) is 18.2. The normalized spacial score (nSPS) is 11.4. The highest BCUT2D eigenvalue weighted by atomic mass is 31.1. The minimum absolute atomic E-state index is 0.161. The Balaban J connectivity index is 1.10. The molecule has 4 heterocycles. The summed E-state index contributed by atoms with van der Waals surface area (Å²) >= 11 is 0. The van der Waals surface area contributed by atoms with Crippen LogP contribution in [-0.2, 0) is 0 Å². The number of aryl methyl sites for hydroxylation is 8. The van der Waals surface area contributed by atoms with Crippen molar-refractivity contribution in [3.8, 4) is 80.1 Å². The maximum Gasteiger partial charge on any atom is 0.453 e. The lowest BCUT2D eigenvalue weighted by atomic mass is 10.0. The van der Waals surface area contributed by atoms with Gasteiger partial charge in [0.05, 0.1) is 68.0 Å². The van der Waals surface area contributed by atoms with Gasteiger partial charge in [-0.3, -0.25) is 0 Å². The van der Waals surface area contributed by atoms with Crippen LogP contribution >= 0.6 is 33.0 Å². The van der Waals surface area contributed by atoms with Crippen LogP contribution in [0.1, 0.15) is 44.5 Å². The highest BCUT2D eigenvalue weighted by molar-refractivity contribution is 7.33. The van der Waals surface area contributed by atoms with E-state index in [2.05, 4.69) is 0 Å². The Bertz CT molecular complexity index is 4820. The van der Waals surface area contributed by atoms with Crippen LogP contribution < -0.4 is 56.0 Å². The fourth-order valence-electron chi connectivity index (χ4n) is 12.4. The lowest BCUT2D eigenvalue weighted by molar-refractivity contribution is 0.414. The fourth-order valence-corrected chi connectivity index (χ4v) is 17.2. The summed E-state index contributed by atoms with van der Waals surface area (Å²) in [5.41, 5.74) is 10.3. The molecule has 0 aliphatic rings. The van der Waals surface area contributed by atoms with E-state index in [0.29, 0.717) is 134 Å². The van der Waals surface area contributed by atoms with Crippen LogP contribution in [0.25, 0.3) is 98.9 Å². The van der Waals surface area contributed by atoms with Crippen molar-refractivity contribution in [2.24, 2.45) is 0 Å². The van der Waals surface area contributed by atoms with E-state index in [-0.39, 0.29) is 34.1 Å². The Labute approximate surface area is 577 Å². The second-order valence-electron chi connectivity index (χ2n) is 23.8. The summed E-state index contributed by atoms with van der Waals surface area (Å²) in [6.45, 7) is 15.5. The number of rotatable bonds is 17. The topological polar surface area (TPSA) is 216 Å². The fraction of sp³-hybridized carbons (Fsp3) is 0.211. The zero-order valence-electron chi connectivity index (χ0n) is 57.7. The van der Waals surface area contributed by atoms with E-state index in [1.165, 1.54) is 0 Å². The molecule has 0 saturated heterocycles. The highest BCUT2D eigenvalue weighted by Crippen LogP contribution is 2.57. The van der Waals surface area contributed by atoms with E-state index in [0.717, 1.165) is 44.5 Å². The SMILES string of the molecule is COc1cc(C)c2op(Oc3cccc(Op4oc5c(C)cc(OC)cc5c5cc(OC)cc(C)c5o4)c3-c3c(Op4oc5c(C)cc(OC)cc5c5cc(OC)cc(C)c5o4)cccc3Op3oc4c(C)cc(OC)cc4c4cc(OC)cc(C)c4o3)oc3c(C)cc(OC)cc3c2c1. The molecule has 0 radical (unpaired) electrons. The molecule has 20 nitrogen and oxygen atoms in total. The Morgan fingerprint density at radius 2 is 0.350 bits per heavy atom. The molecule has 0 N–H and O–H groups in total. The monoisotopic (exact) mass is 1430 g/mol. The first kappa shape index (κ1) is 66.6. The van der Waals surface area contributed by atoms with Gasteiger partial charge < -0.3 is 89.6 Å². The lowest BCUT2D eigenvalue weighted by Gasteiger charge is -2.18. The summed E-state index contributed by atoms with van der Waals surface area (Å²) in [5, 5.41) is 5.51. The first-order chi connectivity index (χ1) is 48.4. The van der Waals surface area contributed by atoms with E-state index in [1.807, 2.05) is 152 Å². The summed E-state index contributed by atoms with van der Waals surface area (Å²) in [7, 11) is 3.04. The van der Waals surface area contributed by atoms with Gasteiger partial charge in [-0.25, -0.2) is 0 Å². The van der Waals surface area contributed by atoms with E-state index in [1.54, 1.807) is 93.3 Å². The second kappa shape index (κ2) is 27.3. The summed E-state index contributed by atoms with van der Waals surface area (Å²) in [4.78, 5) is 0. The van der Waals surface area contributed by atoms with E-state index >= 15 is 0 Å². The maximum atomic E-state index is 7.38. The maximum absolute atomic E-state index is 7.38. The summed E-state index contributed by atoms with van der Waals surface area (Å²) in [6.07, 6.45) is 0. The first-order valence-corrected chi connectivity index (χ1v) is 35.9. The second-order valence-corrected chi connectivity index (χ2v) is 27.8. The average molecular weight is 1430 g/mol. The zero-order valence-corrected chi connectivity index (χ0v) is 61.2. The minimum atomic E-state index is -2.48. The molecule has 0 amide bonds. The molecule has 4 aromatic heterocycles. The molecule has 0 fully saturated rings. The molecular weight excluding hydrogens is 1360 g/mol. The molecule has 14 rings (SSSR count). The van der Waals surface area contributed by atoms with E-state index in [4.69, 9.17) is 89.6 Å². The van der Waals surface area contributed by atoms with Crippen molar-refractivity contribution in [3.05, 3.63) is 178 Å². The predicted octanol–water partition coefficient (Wildman–Crippen LogP) is 23.7. The molecule has 0 atom stereocenters. The lowest BCUT2D eigenvalue weighted by Crippen LogP contribution is -1.96. The number of hydrogen-bond acceptors (Lipinski definition) is 20. The van der Waals surface area contributed by atoms with Crippen LogP contribution in [0.15, 0.2) is 167 Å². The summed E-state index contributed by atoms with van der Waals surface area (Å²) < 4.78 is 133. The minimum Gasteiger partial charge on any atom is -0.497 e. The van der Waals surface area contributed by atoms with Gasteiger partial charge in [-0.05, 0) is 221 Å². The zero-order chi connectivity index (χ0) is 69.9. The van der Waals surface area contributed by atoms with Crippen molar-refractivity contribution in [2.75, 3.05) is 56.9 Å². The molecule has 10 aromatic carbocycles. The summed E-state index contributed by atoms with van der Waals surface area (Å²) in [5.74, 6) is 5.48. The van der Waals surface area contributed by atoms with Gasteiger partial charge in [0.15, 0.2) is 0 Å². The van der Waals surface area contributed by atoms with Crippen LogP contribution in [0.3, 0.4) is 0 Å². The van der Waals surface area contributed by atoms with Crippen molar-refractivity contribution < 1.29 is 89.6 Å². The Hall–Kier alpha value is -10.6. The van der Waals surface area contributed by atoms with Crippen LogP contribution in [0.2, 0.25) is 0 Å². The molecule has 0 aliphatic carbocycles. The Morgan fingerprint density at radius 1 is 0.210 bits per heavy atom. The standard InChI is InChI=1S/C76H70O20P4/c1-39-23-47(77-9)31-55-56-32-48(78-10)24-40(2)70(56)90-97(89-69(39)55)85-63-19-17-20-64(86-98-91-71-41(3)25-49(79-11)33-57(71)58-34-50(80-12)26-42(4)72(58)92-98)67(63)68-65(87-99-93-73-43(5)27-51(81-13)35-59(73)60-36-52(82-14)28-44(6)74(60)94-99)21-18-22-66(68)88-100-95-75-45(7)29-53(83-15)37-61(75)62-38-54(84-16)30-46(8)76(62)96-100/h17-38H,1-16H3. The number of methoxy groups -OCH3 is 8. The predicted molar refractivity (Wildman–Crippen MR) is 392 cm³/mol. The Morgan fingerprint density at radius 3 is 0.480 bits per heavy atom. The van der Waals surface area contributed by atoms with Gasteiger partial charge in [-0.2, -0.15) is 0 Å². The van der Waals surface area contributed by atoms with Crippen LogP contribution in [0, 0.1) is 55.4 Å². The molecule has 0 bridgehead atoms. The molecular formula is C76H70O20P4. The number of hydrogen-bond donors (Lipinski definition) is 0. The van der Waals surface area contributed by atoms with Gasteiger partial charge in [0.1, 0.15) is 114 Å². The van der Waals surface area contributed by atoms with Crippen molar-refractivity contribution in [3.63, 3.8) is 0 Å². The van der Waals surface area contributed by atoms with Gasteiger partial charge in [0.2, 0.25) is 0 Å². The van der Waals surface area contributed by atoms with Gasteiger partial charge >= 0.3 is 33.0 Å². The third-order valence-corrected chi connectivity index (χ3v) is 21.3. The molecule has 0 unspecified atom stereocenters. The third kappa shape index (κ3) is 12.4. The van der Waals surface area contributed by atoms with Crippen molar-refractivity contribution in [2.45, 2.75) is 55.4 Å². The quantitative estimate of drug-likeness (QED) is 0.0828. The smallest absolute Gasteiger partial charge is 0.453 e. The molecule has 0 saturated carbocycles. The van der Waals surface area contributed by atoms with Gasteiger partial charge in [0, 0.05) is 43.1 Å². The van der Waals surface area contributed by atoms with Crippen LogP contribution in [0.5, 0.6) is 69.0 Å². The number of benzene rings is 10. The molecule has 100 heavy (non-hydrogen) atoms. The highest BCUT2D eigenvalue weighted by Gasteiger charge is 2.30. The van der Waals surface area contributed by atoms with Crippen molar-refractivity contribution in [1.82, 2.24) is 0 Å². The molecule has 14 aromatic rings. The van der Waals surface area contributed by atoms with Crippen LogP contribution in [-0.4, -0.2) is 56.9 Å². The average Bonchev–Trinajstić information content (AvgIpc) is 1.43. The first-order valence-electron chi connectivity index (χ1n) is 31.5. The molecule has 0 aliphatic heterocycles. The van der Waals surface area contributed by atoms with Crippen LogP contribution in [0.4, 0.5) is 0 Å².